The number of pyridine rings is 1. The van der Waals surface area contributed by atoms with Gasteiger partial charge in [-0.15, -0.1) is 11.8 Å². The molecule has 0 unspecified atom stereocenters. The number of nitrogens with one attached hydrogen (secondary N) is 1. The van der Waals surface area contributed by atoms with Crippen molar-refractivity contribution in [2.45, 2.75) is 16.3 Å². The summed E-state index contributed by atoms with van der Waals surface area (Å²) in [7, 11) is -3.76. The second kappa shape index (κ2) is 7.92. The lowest BCUT2D eigenvalue weighted by Gasteiger charge is -2.14. The maximum atomic E-state index is 12.7. The van der Waals surface area contributed by atoms with E-state index >= 15 is 0 Å². The fraction of sp³-hybridized carbons (Fsp3) is 0.0952. The summed E-state index contributed by atoms with van der Waals surface area (Å²) >= 11 is 1.52. The van der Waals surface area contributed by atoms with Crippen LogP contribution in [-0.2, 0) is 16.6 Å². The SMILES string of the molecule is CSc1cccc(NS(=O)(=O)c2ccc(CN3C(=O)c4cccnc4C3=O)cc2)c1. The first-order valence-corrected chi connectivity index (χ1v) is 11.7. The van der Waals surface area contributed by atoms with Crippen LogP contribution >= 0.6 is 11.8 Å². The summed E-state index contributed by atoms with van der Waals surface area (Å²) in [4.78, 5) is 31.0. The Balaban J connectivity index is 1.50. The van der Waals surface area contributed by atoms with Crippen LogP contribution in [-0.4, -0.2) is 36.4 Å². The first-order valence-electron chi connectivity index (χ1n) is 8.96. The second-order valence-corrected chi connectivity index (χ2v) is 9.14. The molecule has 0 bridgehead atoms. The molecule has 1 N–H and O–H groups in total. The lowest BCUT2D eigenvalue weighted by molar-refractivity contribution is 0.0640. The average molecular weight is 440 g/mol. The molecule has 1 aliphatic heterocycles. The van der Waals surface area contributed by atoms with Crippen molar-refractivity contribution in [2.24, 2.45) is 0 Å². The summed E-state index contributed by atoms with van der Waals surface area (Å²) in [5.41, 5.74) is 1.52. The first-order chi connectivity index (χ1) is 14.4. The minimum atomic E-state index is -3.76. The van der Waals surface area contributed by atoms with E-state index in [2.05, 4.69) is 9.71 Å². The van der Waals surface area contributed by atoms with E-state index in [1.54, 1.807) is 42.5 Å². The summed E-state index contributed by atoms with van der Waals surface area (Å²) in [5.74, 6) is -0.863. The van der Waals surface area contributed by atoms with Crippen molar-refractivity contribution in [3.05, 3.63) is 83.7 Å². The zero-order valence-electron chi connectivity index (χ0n) is 15.9. The molecule has 2 heterocycles. The number of benzene rings is 2. The Hall–Kier alpha value is -3.17. The molecule has 3 aromatic rings. The van der Waals surface area contributed by atoms with Gasteiger partial charge >= 0.3 is 0 Å². The average Bonchev–Trinajstić information content (AvgIpc) is 2.99. The van der Waals surface area contributed by atoms with Gasteiger partial charge < -0.3 is 0 Å². The van der Waals surface area contributed by atoms with Gasteiger partial charge in [-0.25, -0.2) is 8.42 Å². The minimum Gasteiger partial charge on any atom is -0.280 e. The highest BCUT2D eigenvalue weighted by molar-refractivity contribution is 7.98. The molecule has 30 heavy (non-hydrogen) atoms. The largest absolute Gasteiger partial charge is 0.280 e. The molecule has 0 fully saturated rings. The summed E-state index contributed by atoms with van der Waals surface area (Å²) < 4.78 is 27.9. The smallest absolute Gasteiger partial charge is 0.280 e. The van der Waals surface area contributed by atoms with Crippen LogP contribution in [0.1, 0.15) is 26.4 Å². The summed E-state index contributed by atoms with van der Waals surface area (Å²) in [5, 5.41) is 0. The molecule has 4 rings (SSSR count). The molecule has 9 heteroatoms. The number of fused-ring (bicyclic) bond motifs is 1. The number of sulfonamides is 1. The number of aromatic nitrogens is 1. The highest BCUT2D eigenvalue weighted by atomic mass is 32.2. The number of rotatable bonds is 6. The number of carbonyl (C=O) groups is 2. The molecule has 0 saturated carbocycles. The molecular weight excluding hydrogens is 422 g/mol. The number of hydrogen-bond acceptors (Lipinski definition) is 6. The van der Waals surface area contributed by atoms with Crippen LogP contribution in [0, 0.1) is 0 Å². The molecule has 7 nitrogen and oxygen atoms in total. The molecule has 0 spiro atoms. The summed E-state index contributed by atoms with van der Waals surface area (Å²) in [6.07, 6.45) is 3.38. The van der Waals surface area contributed by atoms with Crippen molar-refractivity contribution in [3.63, 3.8) is 0 Å². The van der Waals surface area contributed by atoms with Crippen LogP contribution in [0.25, 0.3) is 0 Å². The zero-order valence-corrected chi connectivity index (χ0v) is 17.5. The van der Waals surface area contributed by atoms with Gasteiger partial charge in [0.25, 0.3) is 21.8 Å². The van der Waals surface area contributed by atoms with Gasteiger partial charge in [0, 0.05) is 16.8 Å². The Kier molecular flexibility index (Phi) is 5.31. The lowest BCUT2D eigenvalue weighted by atomic mass is 10.2. The van der Waals surface area contributed by atoms with Crippen LogP contribution < -0.4 is 4.72 Å². The molecular formula is C21H17N3O4S2. The number of hydrogen-bond donors (Lipinski definition) is 1. The molecule has 1 aromatic heterocycles. The van der Waals surface area contributed by atoms with E-state index in [1.807, 2.05) is 12.3 Å². The van der Waals surface area contributed by atoms with Gasteiger partial charge in [-0.05, 0) is 54.3 Å². The Morgan fingerprint density at radius 2 is 1.77 bits per heavy atom. The van der Waals surface area contributed by atoms with E-state index in [0.717, 1.165) is 9.80 Å². The van der Waals surface area contributed by atoms with Gasteiger partial charge in [0.15, 0.2) is 0 Å². The number of imide groups is 1. The van der Waals surface area contributed by atoms with E-state index in [1.165, 1.54) is 30.1 Å². The Morgan fingerprint density at radius 3 is 2.47 bits per heavy atom. The van der Waals surface area contributed by atoms with Gasteiger partial charge in [-0.2, -0.15) is 0 Å². The lowest BCUT2D eigenvalue weighted by Crippen LogP contribution is -2.29. The number of anilines is 1. The van der Waals surface area contributed by atoms with Gasteiger partial charge in [0.2, 0.25) is 0 Å². The standard InChI is InChI=1S/C21H17N3O4S2/c1-29-16-5-2-4-15(12-16)23-30(27,28)17-9-7-14(8-10-17)13-24-20(25)18-6-3-11-22-19(18)21(24)26/h2-12,23H,13H2,1H3. The molecule has 0 radical (unpaired) electrons. The third-order valence-electron chi connectivity index (χ3n) is 4.63. The zero-order chi connectivity index (χ0) is 21.3. The van der Waals surface area contributed by atoms with Crippen molar-refractivity contribution >= 4 is 39.3 Å². The van der Waals surface area contributed by atoms with Gasteiger partial charge in [0.05, 0.1) is 17.0 Å². The highest BCUT2D eigenvalue weighted by Crippen LogP contribution is 2.24. The molecule has 2 aromatic carbocycles. The van der Waals surface area contributed by atoms with E-state index in [-0.39, 0.29) is 22.7 Å². The highest BCUT2D eigenvalue weighted by Gasteiger charge is 2.36. The number of thioether (sulfide) groups is 1. The fourth-order valence-corrected chi connectivity index (χ4v) is 4.62. The Morgan fingerprint density at radius 1 is 1.00 bits per heavy atom. The van der Waals surface area contributed by atoms with Crippen molar-refractivity contribution in [2.75, 3.05) is 11.0 Å². The topological polar surface area (TPSA) is 96.4 Å². The van der Waals surface area contributed by atoms with Crippen molar-refractivity contribution < 1.29 is 18.0 Å². The molecule has 0 atom stereocenters. The van der Waals surface area contributed by atoms with Crippen molar-refractivity contribution in [1.82, 2.24) is 9.88 Å². The third-order valence-corrected chi connectivity index (χ3v) is 6.75. The molecule has 0 saturated heterocycles. The van der Waals surface area contributed by atoms with Crippen molar-refractivity contribution in [1.29, 1.82) is 0 Å². The molecule has 1 aliphatic rings. The minimum absolute atomic E-state index is 0.0392. The predicted octanol–water partition coefficient (Wildman–Crippen LogP) is 3.40. The van der Waals surface area contributed by atoms with E-state index in [9.17, 15) is 18.0 Å². The van der Waals surface area contributed by atoms with E-state index in [4.69, 9.17) is 0 Å². The van der Waals surface area contributed by atoms with Crippen LogP contribution in [0.2, 0.25) is 0 Å². The predicted molar refractivity (Wildman–Crippen MR) is 114 cm³/mol. The van der Waals surface area contributed by atoms with Crippen LogP contribution in [0.4, 0.5) is 5.69 Å². The normalized spacial score (nSPS) is 13.4. The number of amides is 2. The molecule has 0 aliphatic carbocycles. The van der Waals surface area contributed by atoms with E-state index in [0.29, 0.717) is 11.3 Å². The Labute approximate surface area is 178 Å². The number of nitrogens with zero attached hydrogens (tertiary/aromatic N) is 2. The van der Waals surface area contributed by atoms with E-state index < -0.39 is 21.8 Å². The molecule has 152 valence electrons. The van der Waals surface area contributed by atoms with Gasteiger partial charge in [0.1, 0.15) is 5.69 Å². The van der Waals surface area contributed by atoms with Crippen LogP contribution in [0.5, 0.6) is 0 Å². The van der Waals surface area contributed by atoms with Gasteiger partial charge in [-0.1, -0.05) is 18.2 Å². The van der Waals surface area contributed by atoms with Gasteiger partial charge in [-0.3, -0.25) is 24.2 Å². The van der Waals surface area contributed by atoms with Crippen molar-refractivity contribution in [3.8, 4) is 0 Å². The second-order valence-electron chi connectivity index (χ2n) is 6.58. The third kappa shape index (κ3) is 3.81. The monoisotopic (exact) mass is 439 g/mol. The first kappa shape index (κ1) is 20.1. The number of carbonyl (C=O) groups excluding carboxylic acids is 2. The maximum absolute atomic E-state index is 12.7. The maximum Gasteiger partial charge on any atom is 0.280 e. The van der Waals surface area contributed by atoms with Crippen LogP contribution in [0.15, 0.2) is 76.7 Å². The quantitative estimate of drug-likeness (QED) is 0.467. The summed E-state index contributed by atoms with van der Waals surface area (Å²) in [6.45, 7) is 0.0392. The summed E-state index contributed by atoms with van der Waals surface area (Å²) in [6, 6.07) is 16.4. The Bertz CT molecular complexity index is 1210. The fourth-order valence-electron chi connectivity index (χ4n) is 3.11. The van der Waals surface area contributed by atoms with Crippen LogP contribution in [0.3, 0.4) is 0 Å². The molecule has 2 amide bonds.